The maximum atomic E-state index is 12.0. The van der Waals surface area contributed by atoms with E-state index in [1.807, 2.05) is 0 Å². The van der Waals surface area contributed by atoms with Crippen LogP contribution in [0.5, 0.6) is 0 Å². The van der Waals surface area contributed by atoms with Gasteiger partial charge in [-0.05, 0) is 24.6 Å². The highest BCUT2D eigenvalue weighted by Gasteiger charge is 2.37. The zero-order valence-corrected chi connectivity index (χ0v) is 11.9. The molecular weight excluding hydrogens is 278 g/mol. The Morgan fingerprint density at radius 3 is 2.50 bits per heavy atom. The van der Waals surface area contributed by atoms with E-state index in [1.165, 1.54) is 16.7 Å². The Hall–Kier alpha value is -1.82. The highest BCUT2D eigenvalue weighted by atomic mass is 32.2. The Balaban J connectivity index is 2.02. The number of rotatable bonds is 5. The smallest absolute Gasteiger partial charge is 0.307 e. The van der Waals surface area contributed by atoms with Gasteiger partial charge in [0.05, 0.1) is 11.7 Å². The SMILES string of the molecule is CCN1C(=O)CC(Sc2ccc(CC(=O)O)cc2)C1=O. The lowest BCUT2D eigenvalue weighted by atomic mass is 10.2. The minimum absolute atomic E-state index is 0.0184. The monoisotopic (exact) mass is 293 g/mol. The van der Waals surface area contributed by atoms with Crippen molar-refractivity contribution < 1.29 is 19.5 Å². The molecular formula is C14H15NO4S. The zero-order valence-electron chi connectivity index (χ0n) is 11.0. The molecule has 6 heteroatoms. The van der Waals surface area contributed by atoms with Crippen LogP contribution in [0.4, 0.5) is 0 Å². The molecule has 5 nitrogen and oxygen atoms in total. The van der Waals surface area contributed by atoms with E-state index in [9.17, 15) is 14.4 Å². The van der Waals surface area contributed by atoms with Crippen LogP contribution in [0.2, 0.25) is 0 Å². The van der Waals surface area contributed by atoms with Crippen molar-refractivity contribution in [1.29, 1.82) is 0 Å². The zero-order chi connectivity index (χ0) is 14.7. The molecule has 1 saturated heterocycles. The predicted molar refractivity (Wildman–Crippen MR) is 74.4 cm³/mol. The number of thioether (sulfide) groups is 1. The number of hydrogen-bond donors (Lipinski definition) is 1. The molecule has 1 aliphatic rings. The molecule has 0 bridgehead atoms. The van der Waals surface area contributed by atoms with Crippen molar-refractivity contribution in [2.45, 2.75) is 29.9 Å². The van der Waals surface area contributed by atoms with Gasteiger partial charge in [-0.1, -0.05) is 12.1 Å². The molecule has 1 atom stereocenters. The lowest BCUT2D eigenvalue weighted by molar-refractivity contribution is -0.138. The third-order valence-electron chi connectivity index (χ3n) is 3.08. The Bertz CT molecular complexity index is 541. The fourth-order valence-corrected chi connectivity index (χ4v) is 3.18. The van der Waals surface area contributed by atoms with E-state index in [-0.39, 0.29) is 29.9 Å². The molecule has 1 aliphatic heterocycles. The average molecular weight is 293 g/mol. The third-order valence-corrected chi connectivity index (χ3v) is 4.27. The molecule has 1 heterocycles. The van der Waals surface area contributed by atoms with Gasteiger partial charge in [0.15, 0.2) is 0 Å². The van der Waals surface area contributed by atoms with Crippen LogP contribution in [0.1, 0.15) is 18.9 Å². The van der Waals surface area contributed by atoms with Crippen molar-refractivity contribution >= 4 is 29.5 Å². The summed E-state index contributed by atoms with van der Waals surface area (Å²) in [6.07, 6.45) is 0.212. The van der Waals surface area contributed by atoms with E-state index in [2.05, 4.69) is 0 Å². The van der Waals surface area contributed by atoms with Gasteiger partial charge in [-0.2, -0.15) is 0 Å². The molecule has 0 saturated carbocycles. The second kappa shape index (κ2) is 6.09. The minimum atomic E-state index is -0.874. The summed E-state index contributed by atoms with van der Waals surface area (Å²) in [4.78, 5) is 36.3. The number of amides is 2. The lowest BCUT2D eigenvalue weighted by Gasteiger charge is -2.11. The number of aliphatic carboxylic acids is 1. The van der Waals surface area contributed by atoms with Gasteiger partial charge < -0.3 is 5.11 Å². The molecule has 0 spiro atoms. The molecule has 2 amide bonds. The summed E-state index contributed by atoms with van der Waals surface area (Å²) in [7, 11) is 0. The minimum Gasteiger partial charge on any atom is -0.481 e. The summed E-state index contributed by atoms with van der Waals surface area (Å²) in [5.41, 5.74) is 0.714. The third kappa shape index (κ3) is 3.19. The van der Waals surface area contributed by atoms with Crippen molar-refractivity contribution in [3.63, 3.8) is 0 Å². The van der Waals surface area contributed by atoms with Crippen molar-refractivity contribution in [2.24, 2.45) is 0 Å². The van der Waals surface area contributed by atoms with Crippen molar-refractivity contribution in [1.82, 2.24) is 4.90 Å². The summed E-state index contributed by atoms with van der Waals surface area (Å²) in [6, 6.07) is 7.04. The second-order valence-electron chi connectivity index (χ2n) is 4.50. The number of carbonyl (C=O) groups excluding carboxylic acids is 2. The standard InChI is InChI=1S/C14H15NO4S/c1-2-15-12(16)8-11(14(15)19)20-10-5-3-9(4-6-10)7-13(17)18/h3-6,11H,2,7-8H2,1H3,(H,17,18). The second-order valence-corrected chi connectivity index (χ2v) is 5.78. The molecule has 0 aromatic heterocycles. The first kappa shape index (κ1) is 14.6. The molecule has 1 unspecified atom stereocenters. The maximum absolute atomic E-state index is 12.0. The van der Waals surface area contributed by atoms with Gasteiger partial charge in [-0.3, -0.25) is 19.3 Å². The number of hydrogen-bond acceptors (Lipinski definition) is 4. The van der Waals surface area contributed by atoms with Crippen molar-refractivity contribution in [2.75, 3.05) is 6.54 Å². The fourth-order valence-electron chi connectivity index (χ4n) is 2.10. The van der Waals surface area contributed by atoms with E-state index in [0.717, 1.165) is 4.90 Å². The first-order valence-corrected chi connectivity index (χ1v) is 7.20. The number of nitrogens with zero attached hydrogens (tertiary/aromatic N) is 1. The maximum Gasteiger partial charge on any atom is 0.307 e. The van der Waals surface area contributed by atoms with Crippen LogP contribution < -0.4 is 0 Å². The van der Waals surface area contributed by atoms with Gasteiger partial charge in [0.2, 0.25) is 11.8 Å². The van der Waals surface area contributed by atoms with E-state index in [4.69, 9.17) is 5.11 Å². The molecule has 0 radical (unpaired) electrons. The Morgan fingerprint density at radius 2 is 2.00 bits per heavy atom. The summed E-state index contributed by atoms with van der Waals surface area (Å²) >= 11 is 1.35. The van der Waals surface area contributed by atoms with E-state index in [0.29, 0.717) is 12.1 Å². The summed E-state index contributed by atoms with van der Waals surface area (Å²) in [5.74, 6) is -1.14. The molecule has 1 aromatic carbocycles. The fraction of sp³-hybridized carbons (Fsp3) is 0.357. The Labute approximate surface area is 121 Å². The summed E-state index contributed by atoms with van der Waals surface area (Å²) in [6.45, 7) is 2.19. The summed E-state index contributed by atoms with van der Waals surface area (Å²) < 4.78 is 0. The van der Waals surface area contributed by atoms with Crippen molar-refractivity contribution in [3.05, 3.63) is 29.8 Å². The van der Waals surface area contributed by atoms with Crippen LogP contribution in [0, 0.1) is 0 Å². The Morgan fingerprint density at radius 1 is 1.35 bits per heavy atom. The van der Waals surface area contributed by atoms with Gasteiger partial charge in [0.1, 0.15) is 0 Å². The van der Waals surface area contributed by atoms with Crippen LogP contribution >= 0.6 is 11.8 Å². The highest BCUT2D eigenvalue weighted by molar-refractivity contribution is 8.00. The van der Waals surface area contributed by atoms with Crippen LogP contribution in [-0.4, -0.2) is 39.6 Å². The van der Waals surface area contributed by atoms with Crippen LogP contribution in [0.15, 0.2) is 29.2 Å². The van der Waals surface area contributed by atoms with Crippen LogP contribution in [0.25, 0.3) is 0 Å². The van der Waals surface area contributed by atoms with Gasteiger partial charge in [-0.15, -0.1) is 11.8 Å². The van der Waals surface area contributed by atoms with Crippen LogP contribution in [0.3, 0.4) is 0 Å². The van der Waals surface area contributed by atoms with Gasteiger partial charge in [0.25, 0.3) is 0 Å². The van der Waals surface area contributed by atoms with Crippen LogP contribution in [-0.2, 0) is 20.8 Å². The van der Waals surface area contributed by atoms with E-state index in [1.54, 1.807) is 31.2 Å². The summed E-state index contributed by atoms with van der Waals surface area (Å²) in [5, 5.41) is 8.33. The quantitative estimate of drug-likeness (QED) is 0.834. The predicted octanol–water partition coefficient (Wildman–Crippen LogP) is 1.55. The van der Waals surface area contributed by atoms with Gasteiger partial charge in [0, 0.05) is 17.9 Å². The first-order chi connectivity index (χ1) is 9.51. The number of carbonyl (C=O) groups is 3. The number of imide groups is 1. The normalized spacial score (nSPS) is 18.6. The molecule has 1 aromatic rings. The number of benzene rings is 1. The molecule has 1 N–H and O–H groups in total. The van der Waals surface area contributed by atoms with Crippen molar-refractivity contribution in [3.8, 4) is 0 Å². The number of likely N-dealkylation sites (tertiary alicyclic amines) is 1. The molecule has 20 heavy (non-hydrogen) atoms. The lowest BCUT2D eigenvalue weighted by Crippen LogP contribution is -2.30. The number of carboxylic acids is 1. The van der Waals surface area contributed by atoms with E-state index >= 15 is 0 Å². The van der Waals surface area contributed by atoms with E-state index < -0.39 is 5.97 Å². The first-order valence-electron chi connectivity index (χ1n) is 6.33. The van der Waals surface area contributed by atoms with Gasteiger partial charge in [-0.25, -0.2) is 0 Å². The average Bonchev–Trinajstić information content (AvgIpc) is 2.66. The highest BCUT2D eigenvalue weighted by Crippen LogP contribution is 2.31. The number of carboxylic acid groups (broad SMARTS) is 1. The molecule has 2 rings (SSSR count). The molecule has 1 fully saturated rings. The topological polar surface area (TPSA) is 74.7 Å². The largest absolute Gasteiger partial charge is 0.481 e. The molecule has 106 valence electrons. The Kier molecular flexibility index (Phi) is 4.44. The van der Waals surface area contributed by atoms with Gasteiger partial charge >= 0.3 is 5.97 Å². The molecule has 0 aliphatic carbocycles.